The molecule has 4 nitrogen and oxygen atoms in total. The second-order valence-corrected chi connectivity index (χ2v) is 12.8. The van der Waals surface area contributed by atoms with Crippen molar-refractivity contribution in [3.8, 4) is 0 Å². The number of cyclic esters (lactones) is 1. The van der Waals surface area contributed by atoms with Gasteiger partial charge in [-0.2, -0.15) is 0 Å². The van der Waals surface area contributed by atoms with Crippen LogP contribution in [0.1, 0.15) is 47.0 Å². The number of carbonyl (C=O) groups excluding carboxylic acids is 1. The van der Waals surface area contributed by atoms with Crippen molar-refractivity contribution in [2.45, 2.75) is 71.2 Å². The predicted octanol–water partition coefficient (Wildman–Crippen LogP) is 3.94. The smallest absolute Gasteiger partial charge is 0.338 e. The highest BCUT2D eigenvalue weighted by atomic mass is 28.4. The van der Waals surface area contributed by atoms with Crippen molar-refractivity contribution in [3.05, 3.63) is 11.3 Å². The summed E-state index contributed by atoms with van der Waals surface area (Å²) in [5.74, 6) is -0.179. The molecule has 0 aromatic rings. The predicted molar refractivity (Wildman–Crippen MR) is 84.6 cm³/mol. The molecule has 0 saturated carbocycles. The van der Waals surface area contributed by atoms with Crippen LogP contribution in [-0.4, -0.2) is 32.1 Å². The number of aliphatic hydroxyl groups excluding tert-OH is 1. The van der Waals surface area contributed by atoms with Gasteiger partial charge in [0.25, 0.3) is 0 Å². The number of esters is 1. The first-order chi connectivity index (χ1) is 9.49. The zero-order chi connectivity index (χ0) is 16.1. The lowest BCUT2D eigenvalue weighted by Gasteiger charge is -2.49. The van der Waals surface area contributed by atoms with Crippen molar-refractivity contribution in [1.29, 1.82) is 0 Å². The lowest BCUT2D eigenvalue weighted by Crippen LogP contribution is -2.53. The van der Waals surface area contributed by atoms with E-state index in [1.807, 2.05) is 6.92 Å². The van der Waals surface area contributed by atoms with E-state index in [2.05, 4.69) is 33.9 Å². The normalized spacial score (nSPS) is 31.0. The summed E-state index contributed by atoms with van der Waals surface area (Å²) in [5.41, 5.74) is 0.0245. The van der Waals surface area contributed by atoms with Gasteiger partial charge in [-0.1, -0.05) is 27.7 Å². The maximum atomic E-state index is 12.1. The molecule has 0 radical (unpaired) electrons. The molecule has 1 saturated heterocycles. The van der Waals surface area contributed by atoms with Crippen LogP contribution in [0.2, 0.25) is 18.1 Å². The van der Waals surface area contributed by atoms with Gasteiger partial charge in [0.15, 0.2) is 8.32 Å². The molecule has 21 heavy (non-hydrogen) atoms. The molecule has 5 heteroatoms. The summed E-state index contributed by atoms with van der Waals surface area (Å²) in [4.78, 5) is 12.1. The van der Waals surface area contributed by atoms with Crippen LogP contribution < -0.4 is 0 Å². The van der Waals surface area contributed by atoms with Gasteiger partial charge in [0.2, 0.25) is 0 Å². The van der Waals surface area contributed by atoms with Crippen LogP contribution in [0.25, 0.3) is 0 Å². The van der Waals surface area contributed by atoms with E-state index in [0.29, 0.717) is 18.6 Å². The van der Waals surface area contributed by atoms with Gasteiger partial charge in [-0.05, 0) is 31.0 Å². The molecule has 0 spiro atoms. The molecular weight excluding hydrogens is 284 g/mol. The Bertz CT molecular complexity index is 475. The Morgan fingerprint density at radius 2 is 2.00 bits per heavy atom. The zero-order valence-corrected chi connectivity index (χ0v) is 15.1. The van der Waals surface area contributed by atoms with Crippen LogP contribution in [0.5, 0.6) is 0 Å². The van der Waals surface area contributed by atoms with E-state index in [-0.39, 0.29) is 22.9 Å². The molecule has 0 aromatic heterocycles. The second kappa shape index (κ2) is 5.13. The van der Waals surface area contributed by atoms with E-state index in [1.54, 1.807) is 0 Å². The fourth-order valence-electron chi connectivity index (χ4n) is 2.99. The standard InChI is InChI=1S/C16H28O4Si/c1-15(2,3)21(5,6)20-12-8-7-11(17)13-14(18)19-10-9-16(12,13)4/h12,17H,7-10H2,1-6H3/t12-,16+/m0/s1. The average molecular weight is 312 g/mol. The fourth-order valence-corrected chi connectivity index (χ4v) is 4.43. The van der Waals surface area contributed by atoms with Crippen LogP contribution in [0.4, 0.5) is 0 Å². The van der Waals surface area contributed by atoms with Crippen LogP contribution in [-0.2, 0) is 14.0 Å². The maximum absolute atomic E-state index is 12.1. The number of ether oxygens (including phenoxy) is 1. The number of aliphatic hydroxyl groups is 1. The minimum absolute atomic E-state index is 0.0165. The Kier molecular flexibility index (Phi) is 4.04. The zero-order valence-electron chi connectivity index (χ0n) is 14.1. The number of hydrogen-bond donors (Lipinski definition) is 1. The monoisotopic (exact) mass is 312 g/mol. The maximum Gasteiger partial charge on any atom is 0.338 e. The molecule has 0 bridgehead atoms. The van der Waals surface area contributed by atoms with Crippen LogP contribution in [0.3, 0.4) is 0 Å². The van der Waals surface area contributed by atoms with Gasteiger partial charge in [-0.25, -0.2) is 4.79 Å². The van der Waals surface area contributed by atoms with E-state index in [9.17, 15) is 9.90 Å². The summed E-state index contributed by atoms with van der Waals surface area (Å²) in [6.45, 7) is 13.6. The summed E-state index contributed by atoms with van der Waals surface area (Å²) >= 11 is 0. The first kappa shape index (κ1) is 16.6. The number of hydrogen-bond acceptors (Lipinski definition) is 4. The van der Waals surface area contributed by atoms with Crippen molar-refractivity contribution in [3.63, 3.8) is 0 Å². The number of carbonyl (C=O) groups is 1. The lowest BCUT2D eigenvalue weighted by molar-refractivity contribution is -0.148. The van der Waals surface area contributed by atoms with Crippen molar-refractivity contribution in [2.75, 3.05) is 6.61 Å². The SMILES string of the molecule is CC(C)(C)[Si](C)(C)O[C@H]1CCC(O)=C2C(=O)OCC[C@@]21C. The summed E-state index contributed by atoms with van der Waals surface area (Å²) in [5, 5.41) is 10.3. The van der Waals surface area contributed by atoms with Crippen LogP contribution in [0, 0.1) is 5.41 Å². The Balaban J connectivity index is 2.33. The molecule has 2 aliphatic rings. The molecule has 0 unspecified atom stereocenters. The first-order valence-electron chi connectivity index (χ1n) is 7.76. The average Bonchev–Trinajstić information content (AvgIpc) is 2.31. The van der Waals surface area contributed by atoms with Crippen LogP contribution >= 0.6 is 0 Å². The topological polar surface area (TPSA) is 55.8 Å². The quantitative estimate of drug-likeness (QED) is 0.620. The van der Waals surface area contributed by atoms with Crippen molar-refractivity contribution >= 4 is 14.3 Å². The molecule has 2 atom stereocenters. The molecule has 1 aliphatic carbocycles. The highest BCUT2D eigenvalue weighted by molar-refractivity contribution is 6.74. The van der Waals surface area contributed by atoms with E-state index >= 15 is 0 Å². The van der Waals surface area contributed by atoms with Gasteiger partial charge in [0.05, 0.1) is 18.3 Å². The van der Waals surface area contributed by atoms with Crippen molar-refractivity contribution in [1.82, 2.24) is 0 Å². The first-order valence-corrected chi connectivity index (χ1v) is 10.7. The molecule has 120 valence electrons. The third-order valence-electron chi connectivity index (χ3n) is 5.52. The Hall–Kier alpha value is -0.813. The third-order valence-corrected chi connectivity index (χ3v) is 10.0. The highest BCUT2D eigenvalue weighted by Crippen LogP contribution is 2.49. The number of rotatable bonds is 2. The van der Waals surface area contributed by atoms with Crippen molar-refractivity contribution in [2.24, 2.45) is 5.41 Å². The lowest BCUT2D eigenvalue weighted by atomic mass is 9.68. The summed E-state index contributed by atoms with van der Waals surface area (Å²) in [7, 11) is -1.92. The minimum Gasteiger partial charge on any atom is -0.512 e. The summed E-state index contributed by atoms with van der Waals surface area (Å²) in [6.07, 6.45) is 1.97. The van der Waals surface area contributed by atoms with Gasteiger partial charge < -0.3 is 14.3 Å². The molecular formula is C16H28O4Si. The third kappa shape index (κ3) is 2.78. The number of fused-ring (bicyclic) bond motifs is 1. The minimum atomic E-state index is -1.92. The molecule has 0 aromatic carbocycles. The van der Waals surface area contributed by atoms with Gasteiger partial charge in [-0.3, -0.25) is 0 Å². The molecule has 1 fully saturated rings. The van der Waals surface area contributed by atoms with Gasteiger partial charge in [0.1, 0.15) is 5.76 Å². The van der Waals surface area contributed by atoms with Crippen LogP contribution in [0.15, 0.2) is 11.3 Å². The van der Waals surface area contributed by atoms with E-state index in [1.165, 1.54) is 0 Å². The molecule has 1 N–H and O–H groups in total. The molecule has 0 amide bonds. The van der Waals surface area contributed by atoms with E-state index < -0.39 is 13.7 Å². The number of allylic oxidation sites excluding steroid dienone is 1. The van der Waals surface area contributed by atoms with Gasteiger partial charge in [-0.15, -0.1) is 0 Å². The summed E-state index contributed by atoms with van der Waals surface area (Å²) < 4.78 is 11.7. The van der Waals surface area contributed by atoms with E-state index in [0.717, 1.165) is 12.8 Å². The molecule has 1 heterocycles. The highest BCUT2D eigenvalue weighted by Gasteiger charge is 2.52. The Labute approximate surface area is 128 Å². The molecule has 2 rings (SSSR count). The van der Waals surface area contributed by atoms with Gasteiger partial charge in [0, 0.05) is 11.8 Å². The summed E-state index contributed by atoms with van der Waals surface area (Å²) in [6, 6.07) is 0. The Morgan fingerprint density at radius 3 is 2.57 bits per heavy atom. The fraction of sp³-hybridized carbons (Fsp3) is 0.812. The van der Waals surface area contributed by atoms with Gasteiger partial charge >= 0.3 is 5.97 Å². The van der Waals surface area contributed by atoms with Crippen molar-refractivity contribution < 1.29 is 19.1 Å². The molecule has 1 aliphatic heterocycles. The largest absolute Gasteiger partial charge is 0.512 e. The van der Waals surface area contributed by atoms with E-state index in [4.69, 9.17) is 9.16 Å². The second-order valence-electron chi connectivity index (χ2n) is 8.03. The Morgan fingerprint density at radius 1 is 1.38 bits per heavy atom.